The molecule has 22 heavy (non-hydrogen) atoms. The second kappa shape index (κ2) is 5.72. The molecule has 3 N–H and O–H groups in total. The van der Waals surface area contributed by atoms with E-state index in [-0.39, 0.29) is 6.54 Å². The van der Waals surface area contributed by atoms with Gasteiger partial charge in [0.05, 0.1) is 0 Å². The number of benzene rings is 2. The molecule has 0 aliphatic carbocycles. The third-order valence-corrected chi connectivity index (χ3v) is 3.37. The zero-order valence-electron chi connectivity index (χ0n) is 11.6. The second-order valence-electron chi connectivity index (χ2n) is 4.90. The smallest absolute Gasteiger partial charge is 0.344 e. The summed E-state index contributed by atoms with van der Waals surface area (Å²) in [5.74, 6) is -0.402. The zero-order valence-corrected chi connectivity index (χ0v) is 11.6. The van der Waals surface area contributed by atoms with Crippen LogP contribution in [0.5, 0.6) is 0 Å². The highest BCUT2D eigenvalue weighted by molar-refractivity contribution is 5.83. The maximum Gasteiger partial charge on any atom is 0.344 e. The molecule has 0 saturated heterocycles. The highest BCUT2D eigenvalue weighted by atomic mass is 16.2. The van der Waals surface area contributed by atoms with Crippen LogP contribution in [0.15, 0.2) is 52.1 Å². The molecule has 0 unspecified atom stereocenters. The van der Waals surface area contributed by atoms with Crippen molar-refractivity contribution in [3.63, 3.8) is 0 Å². The molecule has 0 spiro atoms. The summed E-state index contributed by atoms with van der Waals surface area (Å²) in [7, 11) is 0. The summed E-state index contributed by atoms with van der Waals surface area (Å²) in [6.07, 6.45) is 0. The van der Waals surface area contributed by atoms with Crippen molar-refractivity contribution in [2.24, 2.45) is 0 Å². The van der Waals surface area contributed by atoms with Gasteiger partial charge >= 0.3 is 11.4 Å². The number of carbonyl (C=O) groups excluding carboxylic acids is 1. The first-order valence-electron chi connectivity index (χ1n) is 6.75. The van der Waals surface area contributed by atoms with Crippen LogP contribution in [0, 0.1) is 0 Å². The maximum absolute atomic E-state index is 11.8. The van der Waals surface area contributed by atoms with Crippen LogP contribution in [0.25, 0.3) is 10.8 Å². The van der Waals surface area contributed by atoms with Crippen molar-refractivity contribution in [2.75, 3.05) is 0 Å². The summed E-state index contributed by atoms with van der Waals surface area (Å²) in [4.78, 5) is 34.4. The number of nitrogens with zero attached hydrogens (tertiary/aromatic N) is 1. The number of fused-ring (bicyclic) bond motifs is 1. The lowest BCUT2D eigenvalue weighted by atomic mass is 10.1. The van der Waals surface area contributed by atoms with E-state index in [2.05, 4.69) is 15.5 Å². The van der Waals surface area contributed by atoms with Gasteiger partial charge in [-0.3, -0.25) is 4.79 Å². The molecule has 3 rings (SSSR count). The van der Waals surface area contributed by atoms with E-state index in [0.29, 0.717) is 6.54 Å². The van der Waals surface area contributed by atoms with Crippen LogP contribution < -0.4 is 16.7 Å². The van der Waals surface area contributed by atoms with Crippen LogP contribution in [-0.2, 0) is 17.9 Å². The Bertz CT molecular complexity index is 908. The van der Waals surface area contributed by atoms with Gasteiger partial charge in [-0.25, -0.2) is 24.4 Å². The van der Waals surface area contributed by atoms with Crippen LogP contribution in [-0.4, -0.2) is 20.7 Å². The molecule has 112 valence electrons. The highest BCUT2D eigenvalue weighted by Crippen LogP contribution is 2.15. The molecule has 0 aliphatic heterocycles. The maximum atomic E-state index is 11.8. The quantitative estimate of drug-likeness (QED) is 0.647. The first kappa shape index (κ1) is 13.9. The van der Waals surface area contributed by atoms with E-state index < -0.39 is 17.3 Å². The zero-order chi connectivity index (χ0) is 15.5. The molecular weight excluding hydrogens is 284 g/mol. The Morgan fingerprint density at radius 3 is 2.41 bits per heavy atom. The standard InChI is InChI=1S/C15H14N4O3/c20-13(9-19-14(21)17-18-15(19)22)16-8-10-5-6-11-3-1-2-4-12(11)7-10/h1-7H,8-9H2,(H,16,20)(H,17,21)(H,18,22). The number of amides is 1. The predicted molar refractivity (Wildman–Crippen MR) is 81.5 cm³/mol. The minimum Gasteiger partial charge on any atom is -0.350 e. The van der Waals surface area contributed by atoms with Gasteiger partial charge in [-0.15, -0.1) is 0 Å². The number of aromatic nitrogens is 3. The SMILES string of the molecule is O=C(Cn1c(=O)[nH][nH]c1=O)NCc1ccc2ccccc2c1. The van der Waals surface area contributed by atoms with Gasteiger partial charge in [0.2, 0.25) is 5.91 Å². The van der Waals surface area contributed by atoms with E-state index >= 15 is 0 Å². The summed E-state index contributed by atoms with van der Waals surface area (Å²) >= 11 is 0. The van der Waals surface area contributed by atoms with E-state index in [0.717, 1.165) is 20.9 Å². The molecule has 1 aromatic heterocycles. The van der Waals surface area contributed by atoms with Crippen molar-refractivity contribution < 1.29 is 4.79 Å². The fourth-order valence-corrected chi connectivity index (χ4v) is 2.23. The molecule has 0 fully saturated rings. The molecule has 7 heteroatoms. The van der Waals surface area contributed by atoms with Gasteiger partial charge in [0.15, 0.2) is 0 Å². The third kappa shape index (κ3) is 2.83. The third-order valence-electron chi connectivity index (χ3n) is 3.37. The Morgan fingerprint density at radius 2 is 1.68 bits per heavy atom. The first-order valence-corrected chi connectivity index (χ1v) is 6.75. The summed E-state index contributed by atoms with van der Waals surface area (Å²) in [5, 5.41) is 9.16. The van der Waals surface area contributed by atoms with Gasteiger partial charge in [0, 0.05) is 6.54 Å². The Hall–Kier alpha value is -3.09. The fraction of sp³-hybridized carbons (Fsp3) is 0.133. The molecule has 0 saturated carbocycles. The lowest BCUT2D eigenvalue weighted by Gasteiger charge is -2.06. The van der Waals surface area contributed by atoms with Crippen molar-refractivity contribution in [3.8, 4) is 0 Å². The number of aromatic amines is 2. The number of carbonyl (C=O) groups is 1. The van der Waals surface area contributed by atoms with Gasteiger partial charge in [-0.05, 0) is 22.4 Å². The molecule has 1 heterocycles. The van der Waals surface area contributed by atoms with Crippen LogP contribution in [0.2, 0.25) is 0 Å². The largest absolute Gasteiger partial charge is 0.350 e. The second-order valence-corrected chi connectivity index (χ2v) is 4.90. The topological polar surface area (TPSA) is 99.8 Å². The molecule has 3 aromatic rings. The summed E-state index contributed by atoms with van der Waals surface area (Å²) in [5.41, 5.74) is -0.320. The lowest BCUT2D eigenvalue weighted by Crippen LogP contribution is -2.35. The number of nitrogens with one attached hydrogen (secondary N) is 3. The highest BCUT2D eigenvalue weighted by Gasteiger charge is 2.08. The van der Waals surface area contributed by atoms with E-state index in [1.807, 2.05) is 42.5 Å². The first-order chi connectivity index (χ1) is 10.6. The van der Waals surface area contributed by atoms with E-state index in [9.17, 15) is 14.4 Å². The van der Waals surface area contributed by atoms with E-state index in [1.54, 1.807) is 0 Å². The summed E-state index contributed by atoms with van der Waals surface area (Å²) in [6, 6.07) is 13.8. The Labute approximate surface area is 124 Å². The molecule has 0 aliphatic rings. The average molecular weight is 298 g/mol. The average Bonchev–Trinajstić information content (AvgIpc) is 2.84. The minimum absolute atomic E-state index is 0.314. The number of hydrogen-bond acceptors (Lipinski definition) is 3. The van der Waals surface area contributed by atoms with Crippen molar-refractivity contribution >= 4 is 16.7 Å². The lowest BCUT2D eigenvalue weighted by molar-refractivity contribution is -0.121. The van der Waals surface area contributed by atoms with Crippen molar-refractivity contribution in [3.05, 3.63) is 69.0 Å². The van der Waals surface area contributed by atoms with Crippen LogP contribution >= 0.6 is 0 Å². The predicted octanol–water partition coefficient (Wildman–Crippen LogP) is 0.334. The molecule has 2 aromatic carbocycles. The van der Waals surface area contributed by atoms with Crippen molar-refractivity contribution in [2.45, 2.75) is 13.1 Å². The Balaban J connectivity index is 1.67. The minimum atomic E-state index is -0.633. The fourth-order valence-electron chi connectivity index (χ4n) is 2.23. The Morgan fingerprint density at radius 1 is 1.00 bits per heavy atom. The van der Waals surface area contributed by atoms with Crippen molar-refractivity contribution in [1.82, 2.24) is 20.1 Å². The molecule has 7 nitrogen and oxygen atoms in total. The molecular formula is C15H14N4O3. The normalized spacial score (nSPS) is 10.7. The van der Waals surface area contributed by atoms with Crippen molar-refractivity contribution in [1.29, 1.82) is 0 Å². The van der Waals surface area contributed by atoms with Crippen LogP contribution in [0.4, 0.5) is 0 Å². The van der Waals surface area contributed by atoms with Gasteiger partial charge in [-0.2, -0.15) is 0 Å². The number of rotatable bonds is 4. The van der Waals surface area contributed by atoms with Gasteiger partial charge in [0.1, 0.15) is 6.54 Å². The van der Waals surface area contributed by atoms with Gasteiger partial charge in [0.25, 0.3) is 0 Å². The summed E-state index contributed by atoms with van der Waals surface area (Å²) in [6.45, 7) is 0.0198. The molecule has 1 amide bonds. The molecule has 0 bridgehead atoms. The van der Waals surface area contributed by atoms with Crippen LogP contribution in [0.1, 0.15) is 5.56 Å². The molecule has 0 atom stereocenters. The van der Waals surface area contributed by atoms with E-state index in [4.69, 9.17) is 0 Å². The van der Waals surface area contributed by atoms with Gasteiger partial charge in [-0.1, -0.05) is 36.4 Å². The van der Waals surface area contributed by atoms with Crippen LogP contribution in [0.3, 0.4) is 0 Å². The number of hydrogen-bond donors (Lipinski definition) is 3. The molecule has 0 radical (unpaired) electrons. The Kier molecular flexibility index (Phi) is 3.61. The van der Waals surface area contributed by atoms with E-state index in [1.165, 1.54) is 0 Å². The van der Waals surface area contributed by atoms with Gasteiger partial charge < -0.3 is 5.32 Å². The summed E-state index contributed by atoms with van der Waals surface area (Å²) < 4.78 is 0.801. The number of H-pyrrole nitrogens is 2. The monoisotopic (exact) mass is 298 g/mol.